The van der Waals surface area contributed by atoms with Gasteiger partial charge in [-0.15, -0.1) is 0 Å². The summed E-state index contributed by atoms with van der Waals surface area (Å²) in [7, 11) is 0. The van der Waals surface area contributed by atoms with Crippen molar-refractivity contribution in [2.24, 2.45) is 47.3 Å². The minimum atomic E-state index is 0.961. The number of nitrogens with zero attached hydrogens (tertiary/aromatic N) is 6. The molecule has 0 radical (unpaired) electrons. The van der Waals surface area contributed by atoms with Gasteiger partial charge in [-0.3, -0.25) is 0 Å². The van der Waals surface area contributed by atoms with Gasteiger partial charge >= 0.3 is 0 Å². The van der Waals surface area contributed by atoms with E-state index in [1.165, 1.54) is 401 Å². The van der Waals surface area contributed by atoms with Crippen molar-refractivity contribution in [3.8, 4) is 0 Å². The second-order valence-corrected chi connectivity index (χ2v) is 30.9. The van der Waals surface area contributed by atoms with Gasteiger partial charge in [-0.1, -0.05) is 77.0 Å². The molecule has 0 saturated carbocycles. The highest BCUT2D eigenvalue weighted by Crippen LogP contribution is 2.32. The van der Waals surface area contributed by atoms with Crippen molar-refractivity contribution in [1.82, 2.24) is 40.0 Å². The van der Waals surface area contributed by atoms with Crippen molar-refractivity contribution >= 4 is 0 Å². The maximum atomic E-state index is 6.13. The molecule has 0 aromatic carbocycles. The summed E-state index contributed by atoms with van der Waals surface area (Å²) in [5, 5.41) is 7.04. The summed E-state index contributed by atoms with van der Waals surface area (Å²) in [6, 6.07) is 0. The fraction of sp³-hybridized carbons (Fsp3) is 1.00. The van der Waals surface area contributed by atoms with Gasteiger partial charge in [0, 0.05) is 39.6 Å². The first-order valence-corrected chi connectivity index (χ1v) is 39.6. The molecule has 8 rings (SSSR count). The van der Waals surface area contributed by atoms with E-state index in [2.05, 4.69) is 40.0 Å². The van der Waals surface area contributed by atoms with E-state index in [4.69, 9.17) is 14.2 Å². The average molecular weight is 1220 g/mol. The summed E-state index contributed by atoms with van der Waals surface area (Å²) >= 11 is 0. The molecule has 11 nitrogen and oxygen atoms in total. The van der Waals surface area contributed by atoms with Crippen molar-refractivity contribution < 1.29 is 14.2 Å². The highest BCUT2D eigenvalue weighted by Gasteiger charge is 2.26. The van der Waals surface area contributed by atoms with Crippen molar-refractivity contribution in [3.63, 3.8) is 0 Å². The molecule has 0 bridgehead atoms. The molecule has 2 N–H and O–H groups in total. The van der Waals surface area contributed by atoms with E-state index in [1.807, 2.05) is 0 Å². The molecule has 0 spiro atoms. The topological polar surface area (TPSA) is 71.2 Å². The molecular weight excluding hydrogens is 1070 g/mol. The van der Waals surface area contributed by atoms with Crippen LogP contribution in [0.25, 0.3) is 0 Å². The quantitative estimate of drug-likeness (QED) is 0.0573. The fourth-order valence-corrected chi connectivity index (χ4v) is 17.7. The summed E-state index contributed by atoms with van der Waals surface area (Å²) < 4.78 is 18.3. The van der Waals surface area contributed by atoms with Crippen molar-refractivity contribution in [2.75, 3.05) is 184 Å². The van der Waals surface area contributed by atoms with Crippen molar-refractivity contribution in [1.29, 1.82) is 0 Å². The summed E-state index contributed by atoms with van der Waals surface area (Å²) in [5.41, 5.74) is 0. The molecule has 0 aromatic heterocycles. The SMILES string of the molecule is C(CCN1CCC(CCCC2CCNCC2)CC1)COCCCCN1CCC(CCCC2CCN(CCCCOCCCCN3CCC(CCCC4CCN(CCCCOCCCCN5CCC(CCCC6CCNCC6)CC5)CC4)CC3)CC2)CC1. The van der Waals surface area contributed by atoms with Crippen LogP contribution >= 0.6 is 0 Å². The van der Waals surface area contributed by atoms with E-state index in [0.29, 0.717) is 0 Å². The molecule has 8 aliphatic rings. The van der Waals surface area contributed by atoms with Crippen LogP contribution < -0.4 is 10.6 Å². The van der Waals surface area contributed by atoms with E-state index < -0.39 is 0 Å². The lowest BCUT2D eigenvalue weighted by Gasteiger charge is -2.33. The van der Waals surface area contributed by atoms with Crippen LogP contribution in [0.15, 0.2) is 0 Å². The maximum Gasteiger partial charge on any atom is 0.0466 e. The van der Waals surface area contributed by atoms with E-state index in [9.17, 15) is 0 Å². The Hall–Kier alpha value is -0.440. The maximum absolute atomic E-state index is 6.13. The molecule has 87 heavy (non-hydrogen) atoms. The van der Waals surface area contributed by atoms with E-state index >= 15 is 0 Å². The van der Waals surface area contributed by atoms with Crippen LogP contribution in [-0.4, -0.2) is 213 Å². The van der Waals surface area contributed by atoms with Crippen LogP contribution in [0, 0.1) is 47.3 Å². The summed E-state index contributed by atoms with van der Waals surface area (Å²) in [6.45, 7) is 34.5. The molecule has 8 heterocycles. The van der Waals surface area contributed by atoms with Crippen LogP contribution in [0.4, 0.5) is 0 Å². The lowest BCUT2D eigenvalue weighted by atomic mass is 9.87. The van der Waals surface area contributed by atoms with Gasteiger partial charge in [-0.25, -0.2) is 0 Å². The Morgan fingerprint density at radius 2 is 0.356 bits per heavy atom. The van der Waals surface area contributed by atoms with E-state index in [1.54, 1.807) is 0 Å². The smallest absolute Gasteiger partial charge is 0.0466 e. The third-order valence-electron chi connectivity index (χ3n) is 24.1. The minimum absolute atomic E-state index is 0.961. The second-order valence-electron chi connectivity index (χ2n) is 30.9. The first-order chi connectivity index (χ1) is 43.1. The van der Waals surface area contributed by atoms with Crippen LogP contribution in [0.2, 0.25) is 0 Å². The molecule has 8 fully saturated rings. The molecule has 8 saturated heterocycles. The lowest BCUT2D eigenvalue weighted by molar-refractivity contribution is 0.112. The van der Waals surface area contributed by atoms with Gasteiger partial charge in [-0.05, 0) is 371 Å². The first kappa shape index (κ1) is 72.4. The third-order valence-corrected chi connectivity index (χ3v) is 24.1. The number of likely N-dealkylation sites (tertiary alicyclic amines) is 6. The molecule has 0 atom stereocenters. The molecule has 11 heteroatoms. The number of unbranched alkanes of at least 4 members (excludes halogenated alkanes) is 6. The minimum Gasteiger partial charge on any atom is -0.381 e. The second kappa shape index (κ2) is 46.6. The Morgan fingerprint density at radius 1 is 0.195 bits per heavy atom. The Labute approximate surface area is 539 Å². The Balaban J connectivity index is 0.490. The number of ether oxygens (including phenoxy) is 3. The van der Waals surface area contributed by atoms with Crippen LogP contribution in [0.5, 0.6) is 0 Å². The number of rotatable bonds is 46. The molecule has 0 unspecified atom stereocenters. The van der Waals surface area contributed by atoms with Crippen LogP contribution in [-0.2, 0) is 14.2 Å². The van der Waals surface area contributed by atoms with Gasteiger partial charge in [0.2, 0.25) is 0 Å². The van der Waals surface area contributed by atoms with Gasteiger partial charge in [0.1, 0.15) is 0 Å². The predicted octanol–water partition coefficient (Wildman–Crippen LogP) is 14.7. The molecular formula is C76H146N8O3. The highest BCUT2D eigenvalue weighted by atomic mass is 16.5. The van der Waals surface area contributed by atoms with Crippen molar-refractivity contribution in [2.45, 2.75) is 257 Å². The molecule has 8 aliphatic heterocycles. The molecule has 0 aliphatic carbocycles. The largest absolute Gasteiger partial charge is 0.381 e. The van der Waals surface area contributed by atoms with Gasteiger partial charge in [0.15, 0.2) is 0 Å². The van der Waals surface area contributed by atoms with Crippen LogP contribution in [0.3, 0.4) is 0 Å². The predicted molar refractivity (Wildman–Crippen MR) is 369 cm³/mol. The lowest BCUT2D eigenvalue weighted by Crippen LogP contribution is -2.35. The van der Waals surface area contributed by atoms with Gasteiger partial charge in [0.25, 0.3) is 0 Å². The Kier molecular flexibility index (Phi) is 38.8. The number of hydrogen-bond donors (Lipinski definition) is 2. The molecule has 0 amide bonds. The summed E-state index contributed by atoms with van der Waals surface area (Å²) in [5.74, 6) is 7.93. The normalized spacial score (nSPS) is 23.4. The summed E-state index contributed by atoms with van der Waals surface area (Å²) in [6.07, 6.45) is 55.9. The zero-order valence-corrected chi connectivity index (χ0v) is 57.6. The van der Waals surface area contributed by atoms with Gasteiger partial charge in [0.05, 0.1) is 0 Å². The Bertz CT molecular complexity index is 1460. The first-order valence-electron chi connectivity index (χ1n) is 39.6. The number of nitrogens with one attached hydrogen (secondary N) is 2. The average Bonchev–Trinajstić information content (AvgIpc) is 3.67. The Morgan fingerprint density at radius 3 is 0.529 bits per heavy atom. The number of piperidine rings is 8. The zero-order valence-electron chi connectivity index (χ0n) is 57.6. The fourth-order valence-electron chi connectivity index (χ4n) is 17.7. The number of hydrogen-bond acceptors (Lipinski definition) is 11. The molecule has 0 aromatic rings. The van der Waals surface area contributed by atoms with Gasteiger partial charge in [-0.2, -0.15) is 0 Å². The monoisotopic (exact) mass is 1220 g/mol. The van der Waals surface area contributed by atoms with Gasteiger partial charge < -0.3 is 54.2 Å². The molecule has 508 valence electrons. The highest BCUT2D eigenvalue weighted by molar-refractivity contribution is 4.80. The van der Waals surface area contributed by atoms with E-state index in [-0.39, 0.29) is 0 Å². The van der Waals surface area contributed by atoms with Crippen LogP contribution in [0.1, 0.15) is 257 Å². The van der Waals surface area contributed by atoms with E-state index in [0.717, 1.165) is 87.0 Å². The standard InChI is InChI=1S/C76H146N8O3/c1(45-79-51-29-71(30-52-79)19-13-17-69-25-41-77-42-26-69)7-63-85-65-9-3-47-81-55-33-73(34-56-81)21-15-23-75-37-59-83(60-38-75)49-5-11-67-87-68-12-6-50-84-61-39-76(40-62-84)24-16-22-74-35-57-82(58-36-74)48-4-10-66-86-64-8-2-46-80-53-31-72(32-54-80)20-14-18-70-27-43-78-44-28-70/h69-78H,1-68H2. The summed E-state index contributed by atoms with van der Waals surface area (Å²) in [4.78, 5) is 16.5. The van der Waals surface area contributed by atoms with Crippen molar-refractivity contribution in [3.05, 3.63) is 0 Å². The zero-order chi connectivity index (χ0) is 59.7. The third kappa shape index (κ3) is 32.5.